The number of nitrogens with zero attached hydrogens (tertiary/aromatic N) is 4. The molecule has 3 aromatic carbocycles. The van der Waals surface area contributed by atoms with Crippen LogP contribution in [0, 0.1) is 14.9 Å². The predicted molar refractivity (Wildman–Crippen MR) is 168 cm³/mol. The molecule has 10 heteroatoms. The Balaban J connectivity index is 1.39. The molecular formula is C33H30IN5O4. The summed E-state index contributed by atoms with van der Waals surface area (Å²) in [6.45, 7) is 1.12. The van der Waals surface area contributed by atoms with E-state index in [-0.39, 0.29) is 13.2 Å². The van der Waals surface area contributed by atoms with E-state index < -0.39 is 23.9 Å². The Hall–Kier alpha value is -3.86. The van der Waals surface area contributed by atoms with Crippen molar-refractivity contribution < 1.29 is 18.9 Å². The molecule has 6 rings (SSSR count). The molecule has 5 aromatic rings. The minimum absolute atomic E-state index is 0.181. The van der Waals surface area contributed by atoms with Crippen molar-refractivity contribution in [2.24, 2.45) is 0 Å². The molecule has 43 heavy (non-hydrogen) atoms. The molecule has 4 atom stereocenters. The Morgan fingerprint density at radius 1 is 0.884 bits per heavy atom. The number of nitrogens with two attached hydrogens (primary N) is 1. The topological polar surface area (TPSA) is 117 Å². The summed E-state index contributed by atoms with van der Waals surface area (Å²) in [4.78, 5) is 4.16. The summed E-state index contributed by atoms with van der Waals surface area (Å²) >= 11 is 2.17. The monoisotopic (exact) mass is 687 g/mol. The van der Waals surface area contributed by atoms with Gasteiger partial charge >= 0.3 is 0 Å². The second-order valence-electron chi connectivity index (χ2n) is 10.3. The lowest BCUT2D eigenvalue weighted by atomic mass is 9.92. The lowest BCUT2D eigenvalue weighted by Crippen LogP contribution is -2.44. The number of rotatable bonds is 11. The molecular weight excluding hydrogens is 657 g/mol. The molecule has 1 saturated heterocycles. The van der Waals surface area contributed by atoms with Crippen LogP contribution < -0.4 is 5.73 Å². The molecule has 1 aliphatic heterocycles. The molecule has 9 nitrogen and oxygen atoms in total. The van der Waals surface area contributed by atoms with Crippen LogP contribution in [0.25, 0.3) is 5.52 Å². The second kappa shape index (κ2) is 13.2. The maximum absolute atomic E-state index is 11.0. The molecule has 0 amide bonds. The third kappa shape index (κ3) is 6.13. The third-order valence-electron chi connectivity index (χ3n) is 7.44. The lowest BCUT2D eigenvalue weighted by molar-refractivity contribution is -0.0971. The second-order valence-corrected chi connectivity index (χ2v) is 11.4. The number of halogens is 1. The largest absolute Gasteiger partial charge is 0.382 e. The highest BCUT2D eigenvalue weighted by Gasteiger charge is 2.60. The Kier molecular flexibility index (Phi) is 8.97. The first-order valence-electron chi connectivity index (χ1n) is 13.9. The van der Waals surface area contributed by atoms with Gasteiger partial charge in [0.15, 0.2) is 5.82 Å². The summed E-state index contributed by atoms with van der Waals surface area (Å²) in [5.41, 5.74) is 8.71. The summed E-state index contributed by atoms with van der Waals surface area (Å²) in [5.74, 6) is 0.304. The average molecular weight is 688 g/mol. The zero-order valence-corrected chi connectivity index (χ0v) is 25.4. The molecule has 0 saturated carbocycles. The minimum atomic E-state index is -1.59. The fourth-order valence-electron chi connectivity index (χ4n) is 5.37. The molecule has 0 radical (unpaired) electrons. The zero-order valence-electron chi connectivity index (χ0n) is 23.3. The molecule has 218 valence electrons. The van der Waals surface area contributed by atoms with Crippen molar-refractivity contribution in [3.05, 3.63) is 129 Å². The number of nitrogen functional groups attached to an aromatic ring is 1. The van der Waals surface area contributed by atoms with Gasteiger partial charge in [-0.3, -0.25) is 0 Å². The number of anilines is 1. The smallest absolute Gasteiger partial charge is 0.225 e. The Morgan fingerprint density at radius 2 is 1.47 bits per heavy atom. The number of benzene rings is 3. The maximum Gasteiger partial charge on any atom is 0.225 e. The number of hydrogen-bond acceptors (Lipinski definition) is 8. The molecule has 3 heterocycles. The predicted octanol–water partition coefficient (Wildman–Crippen LogP) is 5.42. The summed E-state index contributed by atoms with van der Waals surface area (Å²) in [6.07, 6.45) is -0.750. The molecule has 0 aliphatic carbocycles. The van der Waals surface area contributed by atoms with Gasteiger partial charge in [0.05, 0.1) is 32.1 Å². The standard InChI is InChI=1S/C33H30IN5O4/c34-26-16-28(39-29(26)32(36)37-22-38-39)33(21-35)31(42-19-25-14-8-3-9-15-25)30(41-18-24-12-6-2-7-13-24)27(43-33)20-40-17-23-10-4-1-5-11-23/h1-16,22,27,30-31H,17-20H2,(H2,36,37,38)/t27-,30-,31-,33-/m1/s1. The number of nitriles is 1. The van der Waals surface area contributed by atoms with Gasteiger partial charge in [-0.2, -0.15) is 10.4 Å². The Bertz CT molecular complexity index is 1700. The van der Waals surface area contributed by atoms with Crippen LogP contribution in [0.1, 0.15) is 22.4 Å². The van der Waals surface area contributed by atoms with E-state index in [4.69, 9.17) is 24.7 Å². The van der Waals surface area contributed by atoms with Crippen LogP contribution in [-0.4, -0.2) is 39.5 Å². The van der Waals surface area contributed by atoms with Crippen LogP contribution in [0.4, 0.5) is 5.82 Å². The number of ether oxygens (including phenoxy) is 4. The maximum atomic E-state index is 11.0. The first kappa shape index (κ1) is 29.2. The summed E-state index contributed by atoms with van der Waals surface area (Å²) in [7, 11) is 0. The van der Waals surface area contributed by atoms with Gasteiger partial charge in [-0.05, 0) is 45.3 Å². The van der Waals surface area contributed by atoms with Gasteiger partial charge in [0, 0.05) is 3.57 Å². The van der Waals surface area contributed by atoms with E-state index >= 15 is 0 Å². The SMILES string of the molecule is N#C[C@]1(c2cc(I)c3c(N)ncnn23)O[C@H](COCc2ccccc2)[C@@H](OCc2ccccc2)[C@H]1OCc1ccccc1. The van der Waals surface area contributed by atoms with Crippen molar-refractivity contribution in [3.63, 3.8) is 0 Å². The third-order valence-corrected chi connectivity index (χ3v) is 8.26. The Morgan fingerprint density at radius 3 is 2.07 bits per heavy atom. The average Bonchev–Trinajstić information content (AvgIpc) is 3.55. The molecule has 0 spiro atoms. The van der Waals surface area contributed by atoms with Gasteiger partial charge in [-0.25, -0.2) is 9.50 Å². The number of aromatic nitrogens is 3. The molecule has 2 aromatic heterocycles. The van der Waals surface area contributed by atoms with Crippen molar-refractivity contribution in [1.29, 1.82) is 5.26 Å². The molecule has 0 bridgehead atoms. The first-order valence-corrected chi connectivity index (χ1v) is 15.0. The summed E-state index contributed by atoms with van der Waals surface area (Å²) in [6, 6.07) is 33.9. The number of fused-ring (bicyclic) bond motifs is 1. The van der Waals surface area contributed by atoms with E-state index in [1.54, 1.807) is 4.52 Å². The minimum Gasteiger partial charge on any atom is -0.382 e. The Labute approximate surface area is 263 Å². The van der Waals surface area contributed by atoms with Crippen LogP contribution in [0.3, 0.4) is 0 Å². The van der Waals surface area contributed by atoms with Gasteiger partial charge in [0.25, 0.3) is 0 Å². The molecule has 1 aliphatic rings. The van der Waals surface area contributed by atoms with Crippen LogP contribution in [0.2, 0.25) is 0 Å². The highest BCUT2D eigenvalue weighted by atomic mass is 127. The van der Waals surface area contributed by atoms with Crippen LogP contribution in [0.15, 0.2) is 103 Å². The normalized spacial score (nSPS) is 21.6. The van der Waals surface area contributed by atoms with Gasteiger partial charge in [-0.1, -0.05) is 91.0 Å². The van der Waals surface area contributed by atoms with Crippen LogP contribution in [-0.2, 0) is 44.4 Å². The highest BCUT2D eigenvalue weighted by molar-refractivity contribution is 14.1. The van der Waals surface area contributed by atoms with Crippen LogP contribution >= 0.6 is 22.6 Å². The summed E-state index contributed by atoms with van der Waals surface area (Å²) in [5, 5.41) is 15.4. The van der Waals surface area contributed by atoms with E-state index in [9.17, 15) is 5.26 Å². The quantitative estimate of drug-likeness (QED) is 0.183. The highest BCUT2D eigenvalue weighted by Crippen LogP contribution is 2.45. The van der Waals surface area contributed by atoms with Gasteiger partial charge in [-0.15, -0.1) is 0 Å². The van der Waals surface area contributed by atoms with Gasteiger partial charge in [0.2, 0.25) is 5.60 Å². The molecule has 0 unspecified atom stereocenters. The van der Waals surface area contributed by atoms with Crippen molar-refractivity contribution in [2.75, 3.05) is 12.3 Å². The van der Waals surface area contributed by atoms with E-state index in [1.165, 1.54) is 6.33 Å². The van der Waals surface area contributed by atoms with E-state index in [0.717, 1.165) is 20.3 Å². The first-order chi connectivity index (χ1) is 21.1. The van der Waals surface area contributed by atoms with Gasteiger partial charge in [0.1, 0.15) is 36.2 Å². The number of hydrogen-bond donors (Lipinski definition) is 1. The van der Waals surface area contributed by atoms with Crippen molar-refractivity contribution in [2.45, 2.75) is 43.7 Å². The van der Waals surface area contributed by atoms with E-state index in [2.05, 4.69) is 38.7 Å². The van der Waals surface area contributed by atoms with Gasteiger partial charge < -0.3 is 24.7 Å². The fraction of sp³-hybridized carbons (Fsp3) is 0.242. The molecule has 1 fully saturated rings. The van der Waals surface area contributed by atoms with Crippen LogP contribution in [0.5, 0.6) is 0 Å². The van der Waals surface area contributed by atoms with E-state index in [0.29, 0.717) is 30.2 Å². The van der Waals surface area contributed by atoms with Crippen molar-refractivity contribution in [1.82, 2.24) is 14.6 Å². The fourth-order valence-corrected chi connectivity index (χ4v) is 6.17. The zero-order chi connectivity index (χ0) is 29.6. The summed E-state index contributed by atoms with van der Waals surface area (Å²) < 4.78 is 28.5. The lowest BCUT2D eigenvalue weighted by Gasteiger charge is -2.29. The van der Waals surface area contributed by atoms with E-state index in [1.807, 2.05) is 97.1 Å². The van der Waals surface area contributed by atoms with Crippen molar-refractivity contribution >= 4 is 33.9 Å². The molecule has 2 N–H and O–H groups in total. The van der Waals surface area contributed by atoms with Crippen molar-refractivity contribution in [3.8, 4) is 6.07 Å².